The average molecular weight is 233 g/mol. The Labute approximate surface area is 95.3 Å². The molecule has 0 bridgehead atoms. The lowest BCUT2D eigenvalue weighted by molar-refractivity contribution is 0.102. The van der Waals surface area contributed by atoms with Crippen LogP contribution < -0.4 is 10.9 Å². The van der Waals surface area contributed by atoms with Gasteiger partial charge in [0.15, 0.2) is 0 Å². The lowest BCUT2D eigenvalue weighted by Crippen LogP contribution is -2.23. The molecule has 1 heterocycles. The van der Waals surface area contributed by atoms with Crippen molar-refractivity contribution in [2.45, 2.75) is 0 Å². The van der Waals surface area contributed by atoms with Gasteiger partial charge in [-0.2, -0.15) is 5.10 Å². The zero-order valence-electron chi connectivity index (χ0n) is 8.61. The molecule has 86 valence electrons. The van der Waals surface area contributed by atoms with Gasteiger partial charge in [-0.1, -0.05) is 12.1 Å². The topological polar surface area (TPSA) is 74.8 Å². The second-order valence-electron chi connectivity index (χ2n) is 3.23. The van der Waals surface area contributed by atoms with Crippen LogP contribution in [0.3, 0.4) is 0 Å². The van der Waals surface area contributed by atoms with Crippen molar-refractivity contribution in [3.63, 3.8) is 0 Å². The number of halogens is 1. The third-order valence-corrected chi connectivity index (χ3v) is 2.09. The second-order valence-corrected chi connectivity index (χ2v) is 3.23. The number of nitrogens with one attached hydrogen (secondary N) is 2. The third kappa shape index (κ3) is 2.36. The zero-order valence-corrected chi connectivity index (χ0v) is 8.61. The number of carbonyl (C=O) groups is 1. The van der Waals surface area contributed by atoms with Crippen LogP contribution in [0, 0.1) is 5.82 Å². The van der Waals surface area contributed by atoms with Gasteiger partial charge in [-0.25, -0.2) is 9.49 Å². The molecule has 0 fully saturated rings. The molecule has 1 aromatic heterocycles. The summed E-state index contributed by atoms with van der Waals surface area (Å²) in [7, 11) is 0. The molecule has 0 aliphatic carbocycles. The molecule has 6 heteroatoms. The summed E-state index contributed by atoms with van der Waals surface area (Å²) in [6.45, 7) is 0. The first-order valence-electron chi connectivity index (χ1n) is 4.78. The number of benzene rings is 1. The quantitative estimate of drug-likeness (QED) is 0.817. The van der Waals surface area contributed by atoms with E-state index in [4.69, 9.17) is 0 Å². The molecule has 2 rings (SSSR count). The number of aromatic nitrogens is 2. The summed E-state index contributed by atoms with van der Waals surface area (Å²) < 4.78 is 13.3. The van der Waals surface area contributed by atoms with Gasteiger partial charge in [0.1, 0.15) is 11.4 Å². The van der Waals surface area contributed by atoms with E-state index in [-0.39, 0.29) is 11.3 Å². The van der Waals surface area contributed by atoms with E-state index in [1.165, 1.54) is 30.5 Å². The van der Waals surface area contributed by atoms with Gasteiger partial charge in [0, 0.05) is 6.20 Å². The lowest BCUT2D eigenvalue weighted by atomic mass is 10.2. The van der Waals surface area contributed by atoms with Crippen molar-refractivity contribution in [1.82, 2.24) is 10.2 Å². The van der Waals surface area contributed by atoms with Gasteiger partial charge < -0.3 is 5.32 Å². The largest absolute Gasteiger partial charge is 0.319 e. The van der Waals surface area contributed by atoms with E-state index in [1.54, 1.807) is 6.07 Å². The van der Waals surface area contributed by atoms with Crippen LogP contribution in [0.15, 0.2) is 41.3 Å². The summed E-state index contributed by atoms with van der Waals surface area (Å²) in [5.41, 5.74) is -0.724. The summed E-state index contributed by atoms with van der Waals surface area (Å²) in [5, 5.41) is 7.89. The molecule has 1 aromatic carbocycles. The summed E-state index contributed by atoms with van der Waals surface area (Å²) in [5.74, 6) is -1.25. The number of rotatable bonds is 2. The molecule has 0 aliphatic heterocycles. The number of anilines is 1. The molecule has 0 saturated heterocycles. The second kappa shape index (κ2) is 4.56. The van der Waals surface area contributed by atoms with Crippen molar-refractivity contribution in [3.05, 3.63) is 58.3 Å². The molecule has 0 aliphatic rings. The van der Waals surface area contributed by atoms with E-state index >= 15 is 0 Å². The third-order valence-electron chi connectivity index (χ3n) is 2.09. The summed E-state index contributed by atoms with van der Waals surface area (Å²) in [4.78, 5) is 22.9. The van der Waals surface area contributed by atoms with Crippen LogP contribution in [-0.2, 0) is 0 Å². The Morgan fingerprint density at radius 1 is 1.29 bits per heavy atom. The highest BCUT2D eigenvalue weighted by atomic mass is 19.1. The van der Waals surface area contributed by atoms with Crippen LogP contribution >= 0.6 is 0 Å². The molecule has 1 amide bonds. The molecule has 0 spiro atoms. The molecule has 17 heavy (non-hydrogen) atoms. The van der Waals surface area contributed by atoms with Crippen molar-refractivity contribution in [2.24, 2.45) is 0 Å². The zero-order chi connectivity index (χ0) is 12.3. The standard InChI is InChI=1S/C11H8FN3O2/c12-8-3-1-2-4-9(8)14-10(16)7-5-6-13-15-11(7)17/h1-6H,(H,14,16)(H,15,17). The number of hydrogen-bond acceptors (Lipinski definition) is 3. The normalized spacial score (nSPS) is 9.94. The number of aromatic amines is 1. The SMILES string of the molecule is O=C(Nc1ccccc1F)c1ccn[nH]c1=O. The van der Waals surface area contributed by atoms with Crippen LogP contribution in [-0.4, -0.2) is 16.1 Å². The van der Waals surface area contributed by atoms with Gasteiger partial charge in [0.2, 0.25) is 0 Å². The molecule has 0 saturated carbocycles. The van der Waals surface area contributed by atoms with Gasteiger partial charge in [-0.05, 0) is 18.2 Å². The highest BCUT2D eigenvalue weighted by molar-refractivity contribution is 6.03. The van der Waals surface area contributed by atoms with Crippen LogP contribution in [0.2, 0.25) is 0 Å². The fourth-order valence-corrected chi connectivity index (χ4v) is 1.27. The van der Waals surface area contributed by atoms with Gasteiger partial charge >= 0.3 is 0 Å². The van der Waals surface area contributed by atoms with Crippen LogP contribution in [0.1, 0.15) is 10.4 Å². The molecule has 5 nitrogen and oxygen atoms in total. The maximum Gasteiger partial charge on any atom is 0.277 e. The smallest absolute Gasteiger partial charge is 0.277 e. The minimum absolute atomic E-state index is 0.0220. The summed E-state index contributed by atoms with van der Waals surface area (Å²) in [6.07, 6.45) is 1.28. The first-order chi connectivity index (χ1) is 8.18. The number of H-pyrrole nitrogens is 1. The van der Waals surface area contributed by atoms with E-state index < -0.39 is 17.3 Å². The monoisotopic (exact) mass is 233 g/mol. The predicted octanol–water partition coefficient (Wildman–Crippen LogP) is 1.16. The van der Waals surface area contributed by atoms with E-state index in [0.717, 1.165) is 0 Å². The van der Waals surface area contributed by atoms with Crippen molar-refractivity contribution in [1.29, 1.82) is 0 Å². The van der Waals surface area contributed by atoms with Crippen molar-refractivity contribution >= 4 is 11.6 Å². The fourth-order valence-electron chi connectivity index (χ4n) is 1.27. The first kappa shape index (κ1) is 11.0. The highest BCUT2D eigenvalue weighted by Gasteiger charge is 2.11. The molecule has 0 atom stereocenters. The van der Waals surface area contributed by atoms with Gasteiger partial charge in [-0.15, -0.1) is 0 Å². The number of nitrogens with zero attached hydrogens (tertiary/aromatic N) is 1. The minimum atomic E-state index is -0.682. The Morgan fingerprint density at radius 2 is 2.06 bits per heavy atom. The van der Waals surface area contributed by atoms with Crippen LogP contribution in [0.25, 0.3) is 0 Å². The molecular weight excluding hydrogens is 225 g/mol. The van der Waals surface area contributed by atoms with Crippen molar-refractivity contribution in [2.75, 3.05) is 5.32 Å². The Balaban J connectivity index is 2.27. The van der Waals surface area contributed by atoms with Crippen molar-refractivity contribution < 1.29 is 9.18 Å². The summed E-state index contributed by atoms with van der Waals surface area (Å²) >= 11 is 0. The predicted molar refractivity (Wildman–Crippen MR) is 59.2 cm³/mol. The van der Waals surface area contributed by atoms with Crippen LogP contribution in [0.5, 0.6) is 0 Å². The van der Waals surface area contributed by atoms with Gasteiger partial charge in [-0.3, -0.25) is 9.59 Å². The highest BCUT2D eigenvalue weighted by Crippen LogP contribution is 2.12. The molecular formula is C11H8FN3O2. The Bertz CT molecular complexity index is 609. The molecule has 0 unspecified atom stereocenters. The van der Waals surface area contributed by atoms with Crippen molar-refractivity contribution in [3.8, 4) is 0 Å². The summed E-state index contributed by atoms with van der Waals surface area (Å²) in [6, 6.07) is 6.96. The van der Waals surface area contributed by atoms with Gasteiger partial charge in [0.05, 0.1) is 5.69 Å². The van der Waals surface area contributed by atoms with Gasteiger partial charge in [0.25, 0.3) is 11.5 Å². The number of carbonyl (C=O) groups excluding carboxylic acids is 1. The number of hydrogen-bond donors (Lipinski definition) is 2. The Kier molecular flexibility index (Phi) is 2.95. The Morgan fingerprint density at radius 3 is 2.76 bits per heavy atom. The van der Waals surface area contributed by atoms with E-state index in [0.29, 0.717) is 0 Å². The minimum Gasteiger partial charge on any atom is -0.319 e. The molecule has 2 aromatic rings. The first-order valence-corrected chi connectivity index (χ1v) is 4.78. The maximum absolute atomic E-state index is 13.3. The molecule has 0 radical (unpaired) electrons. The Hall–Kier alpha value is -2.50. The average Bonchev–Trinajstić information content (AvgIpc) is 2.32. The number of amides is 1. The van der Waals surface area contributed by atoms with E-state index in [9.17, 15) is 14.0 Å². The van der Waals surface area contributed by atoms with E-state index in [2.05, 4.69) is 15.5 Å². The van der Waals surface area contributed by atoms with E-state index in [1.807, 2.05) is 0 Å². The number of para-hydroxylation sites is 1. The fraction of sp³-hybridized carbons (Fsp3) is 0. The lowest BCUT2D eigenvalue weighted by Gasteiger charge is -2.04. The maximum atomic E-state index is 13.3. The molecule has 2 N–H and O–H groups in total. The van der Waals surface area contributed by atoms with Crippen LogP contribution in [0.4, 0.5) is 10.1 Å².